The molecule has 2 atom stereocenters. The van der Waals surface area contributed by atoms with E-state index >= 15 is 0 Å². The molecule has 2 aromatic rings. The predicted octanol–water partition coefficient (Wildman–Crippen LogP) is 4.24. The third-order valence-electron chi connectivity index (χ3n) is 3.33. The molecule has 0 aliphatic heterocycles. The van der Waals surface area contributed by atoms with Crippen LogP contribution in [0.25, 0.3) is 0 Å². The second-order valence-corrected chi connectivity index (χ2v) is 4.75. The van der Waals surface area contributed by atoms with Gasteiger partial charge in [-0.25, -0.2) is 0 Å². The molecule has 100 valence electrons. The Morgan fingerprint density at radius 2 is 1.58 bits per heavy atom. The van der Waals surface area contributed by atoms with Crippen molar-refractivity contribution in [2.45, 2.75) is 32.4 Å². The topological polar surface area (TPSA) is 35.2 Å². The fourth-order valence-corrected chi connectivity index (χ4v) is 2.03. The van der Waals surface area contributed by atoms with E-state index < -0.39 is 0 Å². The highest BCUT2D eigenvalue weighted by Gasteiger charge is 2.07. The van der Waals surface area contributed by atoms with Crippen molar-refractivity contribution in [3.8, 4) is 5.75 Å². The van der Waals surface area contributed by atoms with Crippen LogP contribution in [0.5, 0.6) is 5.75 Å². The number of benzene rings is 2. The fraction of sp³-hybridized carbons (Fsp3) is 0.294. The lowest BCUT2D eigenvalue weighted by molar-refractivity contribution is 0.227. The summed E-state index contributed by atoms with van der Waals surface area (Å²) in [5.41, 5.74) is 8.33. The normalized spacial score (nSPS) is 13.8. The number of hydrogen-bond acceptors (Lipinski definition) is 2. The number of ether oxygens (including phenoxy) is 1. The lowest BCUT2D eigenvalue weighted by Gasteiger charge is -2.16. The van der Waals surface area contributed by atoms with Gasteiger partial charge in [0.2, 0.25) is 0 Å². The molecule has 2 unspecified atom stereocenters. The van der Waals surface area contributed by atoms with Gasteiger partial charge >= 0.3 is 0 Å². The number of hydrogen-bond donors (Lipinski definition) is 1. The van der Waals surface area contributed by atoms with Crippen molar-refractivity contribution >= 4 is 0 Å². The number of nitrogens with two attached hydrogens (primary N) is 1. The molecule has 0 spiro atoms. The largest absolute Gasteiger partial charge is 0.486 e. The zero-order valence-corrected chi connectivity index (χ0v) is 11.5. The van der Waals surface area contributed by atoms with Gasteiger partial charge in [-0.2, -0.15) is 0 Å². The molecule has 2 rings (SSSR count). The maximum atomic E-state index is 6.00. The van der Waals surface area contributed by atoms with Crippen LogP contribution in [0.15, 0.2) is 54.6 Å². The van der Waals surface area contributed by atoms with Crippen LogP contribution in [0.3, 0.4) is 0 Å². The summed E-state index contributed by atoms with van der Waals surface area (Å²) in [6.45, 7) is 4.15. The van der Waals surface area contributed by atoms with Gasteiger partial charge in [0.1, 0.15) is 11.9 Å². The van der Waals surface area contributed by atoms with Crippen LogP contribution in [0.2, 0.25) is 0 Å². The fourth-order valence-electron chi connectivity index (χ4n) is 2.03. The van der Waals surface area contributed by atoms with E-state index in [1.54, 1.807) is 0 Å². The molecular formula is C17H21NO. The van der Waals surface area contributed by atoms with E-state index in [1.807, 2.05) is 42.5 Å². The van der Waals surface area contributed by atoms with Crippen molar-refractivity contribution in [3.05, 3.63) is 65.7 Å². The molecule has 19 heavy (non-hydrogen) atoms. The third-order valence-corrected chi connectivity index (χ3v) is 3.33. The highest BCUT2D eigenvalue weighted by Crippen LogP contribution is 2.23. The zero-order chi connectivity index (χ0) is 13.7. The van der Waals surface area contributed by atoms with E-state index in [-0.39, 0.29) is 12.1 Å². The van der Waals surface area contributed by atoms with Gasteiger partial charge < -0.3 is 10.5 Å². The Hall–Kier alpha value is -1.80. The first-order valence-corrected chi connectivity index (χ1v) is 6.78. The molecule has 0 saturated carbocycles. The lowest BCUT2D eigenvalue weighted by atomic mass is 10.1. The van der Waals surface area contributed by atoms with Gasteiger partial charge in [-0.05, 0) is 36.6 Å². The van der Waals surface area contributed by atoms with E-state index in [4.69, 9.17) is 10.5 Å². The van der Waals surface area contributed by atoms with Gasteiger partial charge in [-0.15, -0.1) is 0 Å². The summed E-state index contributed by atoms with van der Waals surface area (Å²) in [4.78, 5) is 0. The first-order chi connectivity index (χ1) is 9.20. The zero-order valence-electron chi connectivity index (χ0n) is 11.5. The Balaban J connectivity index is 2.04. The molecule has 2 heteroatoms. The lowest BCUT2D eigenvalue weighted by Crippen LogP contribution is -2.08. The van der Waals surface area contributed by atoms with Crippen LogP contribution in [0, 0.1) is 0 Å². The smallest absolute Gasteiger partial charge is 0.121 e. The molecule has 2 nitrogen and oxygen atoms in total. The van der Waals surface area contributed by atoms with Gasteiger partial charge in [0.05, 0.1) is 0 Å². The summed E-state index contributed by atoms with van der Waals surface area (Å²) in [7, 11) is 0. The summed E-state index contributed by atoms with van der Waals surface area (Å²) in [6.07, 6.45) is 0.993. The molecule has 2 N–H and O–H groups in total. The molecule has 0 fully saturated rings. The Bertz CT molecular complexity index is 492. The average Bonchev–Trinajstić information content (AvgIpc) is 2.48. The van der Waals surface area contributed by atoms with E-state index in [1.165, 1.54) is 5.56 Å². The summed E-state index contributed by atoms with van der Waals surface area (Å²) < 4.78 is 5.93. The van der Waals surface area contributed by atoms with Crippen LogP contribution in [0.1, 0.15) is 43.5 Å². The van der Waals surface area contributed by atoms with Gasteiger partial charge in [-0.1, -0.05) is 49.4 Å². The molecular weight excluding hydrogens is 234 g/mol. The standard InChI is InChI=1S/C17H21NO/c1-3-17(18)15-9-11-16(12-10-15)19-13(2)14-7-5-4-6-8-14/h4-13,17H,3,18H2,1-2H3. The van der Waals surface area contributed by atoms with Crippen molar-refractivity contribution in [2.24, 2.45) is 5.73 Å². The molecule has 0 radical (unpaired) electrons. The van der Waals surface area contributed by atoms with Crippen molar-refractivity contribution < 1.29 is 4.74 Å². The minimum atomic E-state index is 0.0481. The molecule has 0 bridgehead atoms. The predicted molar refractivity (Wildman–Crippen MR) is 79.1 cm³/mol. The molecule has 0 amide bonds. The van der Waals surface area contributed by atoms with Crippen LogP contribution in [-0.2, 0) is 0 Å². The second kappa shape index (κ2) is 6.39. The van der Waals surface area contributed by atoms with Crippen LogP contribution >= 0.6 is 0 Å². The Morgan fingerprint density at radius 1 is 0.947 bits per heavy atom. The SMILES string of the molecule is CCC(N)c1ccc(OC(C)c2ccccc2)cc1. The summed E-state index contributed by atoms with van der Waals surface area (Å²) >= 11 is 0. The first-order valence-electron chi connectivity index (χ1n) is 6.78. The highest BCUT2D eigenvalue weighted by atomic mass is 16.5. The maximum absolute atomic E-state index is 6.00. The first kappa shape index (κ1) is 13.6. The molecule has 0 saturated heterocycles. The van der Waals surface area contributed by atoms with Gasteiger partial charge in [0.15, 0.2) is 0 Å². The molecule has 0 aliphatic carbocycles. The summed E-state index contributed by atoms with van der Waals surface area (Å²) in [6, 6.07) is 18.4. The van der Waals surface area contributed by atoms with Crippen LogP contribution in [0.4, 0.5) is 0 Å². The van der Waals surface area contributed by atoms with E-state index in [9.17, 15) is 0 Å². The van der Waals surface area contributed by atoms with E-state index in [0.717, 1.165) is 17.7 Å². The minimum absolute atomic E-state index is 0.0481. The summed E-state index contributed by atoms with van der Waals surface area (Å²) in [5, 5.41) is 0. The van der Waals surface area contributed by atoms with Gasteiger partial charge in [0, 0.05) is 6.04 Å². The molecule has 2 aromatic carbocycles. The van der Waals surface area contributed by atoms with Crippen molar-refractivity contribution in [1.29, 1.82) is 0 Å². The molecule has 0 aromatic heterocycles. The minimum Gasteiger partial charge on any atom is -0.486 e. The summed E-state index contributed by atoms with van der Waals surface area (Å²) in [5.74, 6) is 0.878. The third kappa shape index (κ3) is 3.58. The van der Waals surface area contributed by atoms with Crippen molar-refractivity contribution in [2.75, 3.05) is 0 Å². The Morgan fingerprint density at radius 3 is 2.16 bits per heavy atom. The van der Waals surface area contributed by atoms with E-state index in [2.05, 4.69) is 26.0 Å². The quantitative estimate of drug-likeness (QED) is 0.867. The average molecular weight is 255 g/mol. The van der Waals surface area contributed by atoms with Gasteiger partial charge in [0.25, 0.3) is 0 Å². The molecule has 0 heterocycles. The van der Waals surface area contributed by atoms with Gasteiger partial charge in [-0.3, -0.25) is 0 Å². The van der Waals surface area contributed by atoms with Crippen molar-refractivity contribution in [3.63, 3.8) is 0 Å². The van der Waals surface area contributed by atoms with Crippen LogP contribution < -0.4 is 10.5 Å². The second-order valence-electron chi connectivity index (χ2n) is 4.75. The Kier molecular flexibility index (Phi) is 4.58. The van der Waals surface area contributed by atoms with Crippen LogP contribution in [-0.4, -0.2) is 0 Å². The Labute approximate surface area is 115 Å². The highest BCUT2D eigenvalue weighted by molar-refractivity contribution is 5.30. The number of rotatable bonds is 5. The maximum Gasteiger partial charge on any atom is 0.121 e. The monoisotopic (exact) mass is 255 g/mol. The van der Waals surface area contributed by atoms with E-state index in [0.29, 0.717) is 0 Å². The molecule has 0 aliphatic rings. The van der Waals surface area contributed by atoms with Crippen molar-refractivity contribution in [1.82, 2.24) is 0 Å².